The predicted octanol–water partition coefficient (Wildman–Crippen LogP) is 3.02. The van der Waals surface area contributed by atoms with Crippen molar-refractivity contribution < 1.29 is 14.6 Å². The van der Waals surface area contributed by atoms with Crippen molar-refractivity contribution in [1.29, 1.82) is 0 Å². The van der Waals surface area contributed by atoms with Crippen molar-refractivity contribution in [2.24, 2.45) is 0 Å². The van der Waals surface area contributed by atoms with Gasteiger partial charge in [-0.05, 0) is 23.8 Å². The summed E-state index contributed by atoms with van der Waals surface area (Å²) in [6.45, 7) is 0. The Balaban J connectivity index is 1.92. The Labute approximate surface area is 115 Å². The maximum absolute atomic E-state index is 12.2. The second kappa shape index (κ2) is 4.68. The molecule has 19 heavy (non-hydrogen) atoms. The molecule has 1 aliphatic heterocycles. The first kappa shape index (κ1) is 12.2. The lowest BCUT2D eigenvalue weighted by atomic mass is 9.99. The van der Waals surface area contributed by atoms with Crippen LogP contribution in [0.3, 0.4) is 0 Å². The van der Waals surface area contributed by atoms with Gasteiger partial charge in [0.2, 0.25) is 5.78 Å². The number of benzene rings is 2. The first-order valence-corrected chi connectivity index (χ1v) is 6.28. The van der Waals surface area contributed by atoms with Crippen LogP contribution >= 0.6 is 11.6 Å². The third-order valence-corrected chi connectivity index (χ3v) is 3.38. The fourth-order valence-corrected chi connectivity index (χ4v) is 2.35. The molecule has 0 spiro atoms. The van der Waals surface area contributed by atoms with Gasteiger partial charge in [0.05, 0.1) is 5.56 Å². The van der Waals surface area contributed by atoms with Crippen LogP contribution in [0.25, 0.3) is 0 Å². The quantitative estimate of drug-likeness (QED) is 0.916. The lowest BCUT2D eigenvalue weighted by Crippen LogP contribution is -2.28. The highest BCUT2D eigenvalue weighted by Gasteiger charge is 2.38. The number of carbonyl (C=O) groups excluding carboxylic acids is 1. The van der Waals surface area contributed by atoms with E-state index < -0.39 is 12.2 Å². The van der Waals surface area contributed by atoms with Crippen LogP contribution in [0.2, 0.25) is 5.02 Å². The van der Waals surface area contributed by atoms with Gasteiger partial charge in [0.1, 0.15) is 11.9 Å². The summed E-state index contributed by atoms with van der Waals surface area (Å²) >= 11 is 5.86. The first-order valence-electron chi connectivity index (χ1n) is 5.90. The molecule has 0 aromatic heterocycles. The van der Waals surface area contributed by atoms with E-state index in [9.17, 15) is 9.90 Å². The van der Waals surface area contributed by atoms with Crippen molar-refractivity contribution >= 4 is 17.4 Å². The fraction of sp³-hybridized carbons (Fsp3) is 0.133. The topological polar surface area (TPSA) is 46.5 Å². The van der Waals surface area contributed by atoms with Crippen molar-refractivity contribution in [3.8, 4) is 5.75 Å². The molecule has 1 N–H and O–H groups in total. The van der Waals surface area contributed by atoms with Gasteiger partial charge in [-0.1, -0.05) is 41.9 Å². The van der Waals surface area contributed by atoms with Crippen molar-refractivity contribution in [1.82, 2.24) is 0 Å². The van der Waals surface area contributed by atoms with Gasteiger partial charge in [0.25, 0.3) is 0 Å². The highest BCUT2D eigenvalue weighted by atomic mass is 35.5. The van der Waals surface area contributed by atoms with Crippen molar-refractivity contribution in [3.05, 3.63) is 64.7 Å². The molecule has 3 rings (SSSR count). The summed E-state index contributed by atoms with van der Waals surface area (Å²) in [7, 11) is 0. The van der Waals surface area contributed by atoms with E-state index in [1.807, 2.05) is 18.2 Å². The van der Waals surface area contributed by atoms with Crippen molar-refractivity contribution in [2.75, 3.05) is 0 Å². The maximum atomic E-state index is 12.2. The Kier molecular flexibility index (Phi) is 3.01. The van der Waals surface area contributed by atoms with Gasteiger partial charge in [-0.25, -0.2) is 0 Å². The lowest BCUT2D eigenvalue weighted by molar-refractivity contribution is 0.0407. The van der Waals surface area contributed by atoms with E-state index in [0.29, 0.717) is 21.9 Å². The highest BCUT2D eigenvalue weighted by Crippen LogP contribution is 2.35. The van der Waals surface area contributed by atoms with Crippen LogP contribution in [0.1, 0.15) is 22.0 Å². The summed E-state index contributed by atoms with van der Waals surface area (Å²) < 4.78 is 5.53. The molecule has 2 aromatic rings. The van der Waals surface area contributed by atoms with Crippen LogP contribution in [-0.2, 0) is 0 Å². The number of Topliss-reactive ketones (excluding diaryl/α,β-unsaturated/α-hetero) is 1. The van der Waals surface area contributed by atoms with Gasteiger partial charge in [-0.2, -0.15) is 0 Å². The van der Waals surface area contributed by atoms with E-state index in [2.05, 4.69) is 0 Å². The molecule has 2 atom stereocenters. The average Bonchev–Trinajstić information content (AvgIpc) is 2.76. The van der Waals surface area contributed by atoms with Gasteiger partial charge < -0.3 is 9.84 Å². The van der Waals surface area contributed by atoms with Crippen LogP contribution in [0.5, 0.6) is 5.75 Å². The molecule has 0 saturated heterocycles. The smallest absolute Gasteiger partial charge is 0.210 e. The SMILES string of the molecule is O=C1c2cc(Cl)ccc2O[C@@H]1[C@@H](O)c1ccccc1. The molecule has 0 saturated carbocycles. The third-order valence-electron chi connectivity index (χ3n) is 3.15. The molecule has 1 aliphatic rings. The highest BCUT2D eigenvalue weighted by molar-refractivity contribution is 6.31. The number of ketones is 1. The van der Waals surface area contributed by atoms with E-state index in [1.165, 1.54) is 0 Å². The molecule has 1 heterocycles. The Bertz CT molecular complexity index is 625. The summed E-state index contributed by atoms with van der Waals surface area (Å²) in [5.41, 5.74) is 1.08. The molecular formula is C15H11ClO3. The molecule has 0 amide bonds. The van der Waals surface area contributed by atoms with E-state index in [4.69, 9.17) is 16.3 Å². The lowest BCUT2D eigenvalue weighted by Gasteiger charge is -2.16. The minimum absolute atomic E-state index is 0.242. The number of ether oxygens (including phenoxy) is 1. The molecule has 0 radical (unpaired) electrons. The Hall–Kier alpha value is -1.84. The number of hydrogen-bond acceptors (Lipinski definition) is 3. The third kappa shape index (κ3) is 2.11. The number of aliphatic hydroxyl groups excluding tert-OH is 1. The number of aliphatic hydroxyl groups is 1. The largest absolute Gasteiger partial charge is 0.478 e. The number of carbonyl (C=O) groups is 1. The minimum atomic E-state index is -0.986. The molecular weight excluding hydrogens is 264 g/mol. The number of rotatable bonds is 2. The molecule has 2 aromatic carbocycles. The second-order valence-corrected chi connectivity index (χ2v) is 4.84. The summed E-state index contributed by atoms with van der Waals surface area (Å²) in [4.78, 5) is 12.2. The summed E-state index contributed by atoms with van der Waals surface area (Å²) in [6.07, 6.45) is -1.89. The zero-order valence-electron chi connectivity index (χ0n) is 9.92. The number of halogens is 1. The predicted molar refractivity (Wildman–Crippen MR) is 71.6 cm³/mol. The average molecular weight is 275 g/mol. The second-order valence-electron chi connectivity index (χ2n) is 4.40. The first-order chi connectivity index (χ1) is 9.16. The van der Waals surface area contributed by atoms with E-state index in [1.54, 1.807) is 30.3 Å². The Morgan fingerprint density at radius 2 is 1.89 bits per heavy atom. The van der Waals surface area contributed by atoms with Gasteiger partial charge in [-0.3, -0.25) is 4.79 Å². The molecule has 96 valence electrons. The standard InChI is InChI=1S/C15H11ClO3/c16-10-6-7-12-11(8-10)14(18)15(19-12)13(17)9-4-2-1-3-5-9/h1-8,13,15,17H/t13-,15+/m0/s1. The molecule has 0 fully saturated rings. The Morgan fingerprint density at radius 1 is 1.16 bits per heavy atom. The molecule has 0 aliphatic carbocycles. The van der Waals surface area contributed by atoms with Gasteiger partial charge in [0.15, 0.2) is 6.10 Å². The molecule has 3 nitrogen and oxygen atoms in total. The van der Waals surface area contributed by atoms with Crippen molar-refractivity contribution in [3.63, 3.8) is 0 Å². The van der Waals surface area contributed by atoms with Crippen LogP contribution in [0.15, 0.2) is 48.5 Å². The van der Waals surface area contributed by atoms with Crippen LogP contribution < -0.4 is 4.74 Å². The van der Waals surface area contributed by atoms with Gasteiger partial charge in [-0.15, -0.1) is 0 Å². The van der Waals surface area contributed by atoms with E-state index in [-0.39, 0.29) is 5.78 Å². The summed E-state index contributed by atoms with van der Waals surface area (Å²) in [5, 5.41) is 10.7. The minimum Gasteiger partial charge on any atom is -0.478 e. The Morgan fingerprint density at radius 3 is 2.63 bits per heavy atom. The van der Waals surface area contributed by atoms with E-state index >= 15 is 0 Å². The van der Waals surface area contributed by atoms with Crippen molar-refractivity contribution in [2.45, 2.75) is 12.2 Å². The maximum Gasteiger partial charge on any atom is 0.210 e. The van der Waals surface area contributed by atoms with Crippen LogP contribution in [-0.4, -0.2) is 17.0 Å². The van der Waals surface area contributed by atoms with E-state index in [0.717, 1.165) is 0 Å². The zero-order chi connectivity index (χ0) is 13.4. The van der Waals surface area contributed by atoms with Gasteiger partial charge >= 0.3 is 0 Å². The summed E-state index contributed by atoms with van der Waals surface area (Å²) in [6, 6.07) is 13.9. The van der Waals surface area contributed by atoms with Crippen LogP contribution in [0.4, 0.5) is 0 Å². The number of fused-ring (bicyclic) bond motifs is 1. The van der Waals surface area contributed by atoms with Gasteiger partial charge in [0, 0.05) is 5.02 Å². The monoisotopic (exact) mass is 274 g/mol. The molecule has 4 heteroatoms. The zero-order valence-corrected chi connectivity index (χ0v) is 10.7. The fourth-order valence-electron chi connectivity index (χ4n) is 2.17. The molecule has 0 bridgehead atoms. The summed E-state index contributed by atoms with van der Waals surface area (Å²) in [5.74, 6) is 0.225. The normalized spacial score (nSPS) is 18.8. The number of hydrogen-bond donors (Lipinski definition) is 1. The molecule has 0 unspecified atom stereocenters. The van der Waals surface area contributed by atoms with Crippen LogP contribution in [0, 0.1) is 0 Å².